The number of fused-ring (bicyclic) bond motifs is 2. The number of furan rings is 1. The first-order valence-corrected chi connectivity index (χ1v) is 8.38. The number of carbonyl (C=O) groups excluding carboxylic acids is 1. The third-order valence-corrected chi connectivity index (χ3v) is 5.52. The largest absolute Gasteiger partial charge is 0.444 e. The van der Waals surface area contributed by atoms with Crippen molar-refractivity contribution in [3.05, 3.63) is 22.6 Å². The Morgan fingerprint density at radius 2 is 2.06 bits per heavy atom. The van der Waals surface area contributed by atoms with Gasteiger partial charge < -0.3 is 9.32 Å². The van der Waals surface area contributed by atoms with Crippen molar-refractivity contribution in [1.82, 2.24) is 4.90 Å². The van der Waals surface area contributed by atoms with Crippen molar-refractivity contribution >= 4 is 33.6 Å². The molecule has 1 aromatic heterocycles. The summed E-state index contributed by atoms with van der Waals surface area (Å²) in [6, 6.07) is 4.37. The molecule has 2 fully saturated rings. The fourth-order valence-corrected chi connectivity index (χ4v) is 4.34. The Hall–Kier alpha value is -0.420. The fourth-order valence-electron chi connectivity index (χ4n) is 3.21. The number of rotatable bonds is 2. The summed E-state index contributed by atoms with van der Waals surface area (Å²) in [5.74, 6) is 0.522. The second-order valence-corrected chi connectivity index (χ2v) is 6.95. The summed E-state index contributed by atoms with van der Waals surface area (Å²) in [6.07, 6.45) is 6.73. The van der Waals surface area contributed by atoms with Crippen LogP contribution in [0.2, 0.25) is 0 Å². The van der Waals surface area contributed by atoms with E-state index in [0.29, 0.717) is 22.5 Å². The minimum Gasteiger partial charge on any atom is -0.444 e. The number of halogens is 1. The van der Waals surface area contributed by atoms with Crippen LogP contribution in [0.3, 0.4) is 0 Å². The Kier molecular flexibility index (Phi) is 3.45. The van der Waals surface area contributed by atoms with Gasteiger partial charge in [0.15, 0.2) is 10.4 Å². The highest BCUT2D eigenvalue weighted by molar-refractivity contribution is 9.10. The number of carbonyl (C=O) groups is 1. The molecule has 2 saturated heterocycles. The average molecular weight is 330 g/mol. The summed E-state index contributed by atoms with van der Waals surface area (Å²) in [5.41, 5.74) is 0. The minimum atomic E-state index is 0.0627. The monoisotopic (exact) mass is 329 g/mol. The second kappa shape index (κ2) is 4.93. The summed E-state index contributed by atoms with van der Waals surface area (Å²) in [6.45, 7) is 0. The number of hydrogen-bond donors (Lipinski definition) is 0. The number of piperidine rings is 1. The van der Waals surface area contributed by atoms with Crippen molar-refractivity contribution in [2.75, 3.05) is 6.26 Å². The van der Waals surface area contributed by atoms with Gasteiger partial charge in [-0.15, -0.1) is 0 Å². The van der Waals surface area contributed by atoms with Crippen molar-refractivity contribution in [2.45, 2.75) is 43.0 Å². The summed E-state index contributed by atoms with van der Waals surface area (Å²) in [7, 11) is 0. The Balaban J connectivity index is 1.80. The zero-order valence-corrected chi connectivity index (χ0v) is 12.7. The number of thioether (sulfide) groups is 1. The highest BCUT2D eigenvalue weighted by Crippen LogP contribution is 2.40. The molecule has 98 valence electrons. The summed E-state index contributed by atoms with van der Waals surface area (Å²) < 4.78 is 6.02. The van der Waals surface area contributed by atoms with Gasteiger partial charge in [-0.3, -0.25) is 4.79 Å². The van der Waals surface area contributed by atoms with Gasteiger partial charge in [-0.05, 0) is 60.0 Å². The molecule has 3 rings (SSSR count). The molecule has 0 N–H and O–H groups in total. The van der Waals surface area contributed by atoms with Crippen LogP contribution < -0.4 is 0 Å². The predicted octanol–water partition coefficient (Wildman–Crippen LogP) is 3.54. The van der Waals surface area contributed by atoms with Crippen LogP contribution in [0.4, 0.5) is 0 Å². The molecular formula is C13H16BrNO2S. The quantitative estimate of drug-likeness (QED) is 0.832. The van der Waals surface area contributed by atoms with E-state index in [9.17, 15) is 4.79 Å². The van der Waals surface area contributed by atoms with Gasteiger partial charge in [-0.25, -0.2) is 0 Å². The number of hydrogen-bond acceptors (Lipinski definition) is 3. The normalized spacial score (nSPS) is 30.8. The van der Waals surface area contributed by atoms with Gasteiger partial charge in [0.1, 0.15) is 0 Å². The van der Waals surface area contributed by atoms with Gasteiger partial charge in [0.2, 0.25) is 0 Å². The van der Waals surface area contributed by atoms with E-state index < -0.39 is 0 Å². The highest BCUT2D eigenvalue weighted by Gasteiger charge is 2.43. The Morgan fingerprint density at radius 3 is 2.56 bits per heavy atom. The van der Waals surface area contributed by atoms with Gasteiger partial charge in [-0.1, -0.05) is 0 Å². The van der Waals surface area contributed by atoms with E-state index in [2.05, 4.69) is 27.1 Å². The van der Waals surface area contributed by atoms with Gasteiger partial charge in [0.25, 0.3) is 5.91 Å². The van der Waals surface area contributed by atoms with Crippen LogP contribution in [0.15, 0.2) is 21.2 Å². The molecule has 1 aromatic rings. The first-order valence-electron chi connectivity index (χ1n) is 6.30. The number of amides is 1. The first-order chi connectivity index (χ1) is 8.69. The lowest BCUT2D eigenvalue weighted by molar-refractivity contribution is 0.0567. The van der Waals surface area contributed by atoms with Crippen LogP contribution in [-0.4, -0.2) is 34.4 Å². The summed E-state index contributed by atoms with van der Waals surface area (Å²) >= 11 is 5.19. The Bertz CT molecular complexity index is 448. The van der Waals surface area contributed by atoms with Crippen molar-refractivity contribution in [2.24, 2.45) is 0 Å². The second-order valence-electron chi connectivity index (χ2n) is 5.03. The molecule has 2 unspecified atom stereocenters. The van der Waals surface area contributed by atoms with Crippen molar-refractivity contribution in [1.29, 1.82) is 0 Å². The first kappa shape index (κ1) is 12.6. The molecule has 0 radical (unpaired) electrons. The predicted molar refractivity (Wildman–Crippen MR) is 75.9 cm³/mol. The van der Waals surface area contributed by atoms with E-state index in [0.717, 1.165) is 30.9 Å². The molecular weight excluding hydrogens is 314 g/mol. The van der Waals surface area contributed by atoms with E-state index in [-0.39, 0.29) is 5.91 Å². The molecule has 2 atom stereocenters. The van der Waals surface area contributed by atoms with Crippen LogP contribution in [0.5, 0.6) is 0 Å². The average Bonchev–Trinajstić information content (AvgIpc) is 2.90. The zero-order chi connectivity index (χ0) is 12.7. The zero-order valence-electron chi connectivity index (χ0n) is 10.3. The van der Waals surface area contributed by atoms with E-state index in [1.54, 1.807) is 12.1 Å². The molecule has 2 bridgehead atoms. The molecule has 1 amide bonds. The number of nitrogens with zero attached hydrogens (tertiary/aromatic N) is 1. The SMILES string of the molecule is CSC1CC2CCC(C1)N2C(=O)c1ccc(Br)o1. The standard InChI is InChI=1S/C13H16BrNO2S/c1-18-10-6-8-2-3-9(7-10)15(8)13(16)11-4-5-12(14)17-11/h4-5,8-10H,2-3,6-7H2,1H3. The lowest BCUT2D eigenvalue weighted by Crippen LogP contribution is -2.47. The smallest absolute Gasteiger partial charge is 0.290 e. The third-order valence-electron chi connectivity index (χ3n) is 4.04. The molecule has 0 aromatic carbocycles. The van der Waals surface area contributed by atoms with Gasteiger partial charge >= 0.3 is 0 Å². The summed E-state index contributed by atoms with van der Waals surface area (Å²) in [5, 5.41) is 0.717. The lowest BCUT2D eigenvalue weighted by Gasteiger charge is -2.37. The molecule has 3 nitrogen and oxygen atoms in total. The molecule has 2 aliphatic heterocycles. The van der Waals surface area contributed by atoms with Crippen molar-refractivity contribution in [3.63, 3.8) is 0 Å². The van der Waals surface area contributed by atoms with E-state index >= 15 is 0 Å². The molecule has 5 heteroatoms. The van der Waals surface area contributed by atoms with Gasteiger partial charge in [-0.2, -0.15) is 11.8 Å². The molecule has 0 spiro atoms. The van der Waals surface area contributed by atoms with Gasteiger partial charge in [0.05, 0.1) is 0 Å². The van der Waals surface area contributed by atoms with Crippen molar-refractivity contribution in [3.8, 4) is 0 Å². The molecule has 18 heavy (non-hydrogen) atoms. The van der Waals surface area contributed by atoms with E-state index in [1.807, 2.05) is 11.8 Å². The highest BCUT2D eigenvalue weighted by atomic mass is 79.9. The van der Waals surface area contributed by atoms with E-state index in [1.165, 1.54) is 0 Å². The van der Waals surface area contributed by atoms with E-state index in [4.69, 9.17) is 4.42 Å². The third kappa shape index (κ3) is 2.11. The van der Waals surface area contributed by atoms with Crippen LogP contribution in [0.1, 0.15) is 36.2 Å². The topological polar surface area (TPSA) is 33.5 Å². The van der Waals surface area contributed by atoms with Crippen LogP contribution in [-0.2, 0) is 0 Å². The maximum atomic E-state index is 12.5. The maximum absolute atomic E-state index is 12.5. The maximum Gasteiger partial charge on any atom is 0.290 e. The van der Waals surface area contributed by atoms with Crippen LogP contribution in [0.25, 0.3) is 0 Å². The fraction of sp³-hybridized carbons (Fsp3) is 0.615. The molecule has 0 saturated carbocycles. The summed E-state index contributed by atoms with van der Waals surface area (Å²) in [4.78, 5) is 14.5. The van der Waals surface area contributed by atoms with Crippen LogP contribution >= 0.6 is 27.7 Å². The minimum absolute atomic E-state index is 0.0627. The Labute approximate surface area is 119 Å². The molecule has 2 aliphatic rings. The lowest BCUT2D eigenvalue weighted by atomic mass is 10.0. The Morgan fingerprint density at radius 1 is 1.39 bits per heavy atom. The molecule has 0 aliphatic carbocycles. The molecule has 3 heterocycles. The van der Waals surface area contributed by atoms with Gasteiger partial charge in [0, 0.05) is 17.3 Å². The van der Waals surface area contributed by atoms with Crippen molar-refractivity contribution < 1.29 is 9.21 Å². The van der Waals surface area contributed by atoms with Crippen LogP contribution in [0, 0.1) is 0 Å².